The van der Waals surface area contributed by atoms with Gasteiger partial charge in [0.25, 0.3) is 0 Å². The molecule has 0 bridgehead atoms. The van der Waals surface area contributed by atoms with Crippen molar-refractivity contribution in [3.05, 3.63) is 47.7 Å². The van der Waals surface area contributed by atoms with E-state index in [-0.39, 0.29) is 11.3 Å². The highest BCUT2D eigenvalue weighted by molar-refractivity contribution is 5.61. The van der Waals surface area contributed by atoms with Gasteiger partial charge in [-0.2, -0.15) is 4.39 Å². The Kier molecular flexibility index (Phi) is 15.3. The average Bonchev–Trinajstić information content (AvgIpc) is 2.89. The molecule has 2 nitrogen and oxygen atoms in total. The second-order valence-corrected chi connectivity index (χ2v) is 9.95. The van der Waals surface area contributed by atoms with E-state index in [0.717, 1.165) is 37.7 Å². The fraction of sp³-hybridized carbons (Fsp3) is 0.645. The monoisotopic (exact) mass is 505 g/mol. The Hall–Kier alpha value is -2.04. The van der Waals surface area contributed by atoms with E-state index in [9.17, 15) is 13.2 Å². The van der Waals surface area contributed by atoms with Crippen molar-refractivity contribution in [3.8, 4) is 17.0 Å². The number of ether oxygens (including phenoxy) is 1. The molecule has 36 heavy (non-hydrogen) atoms. The van der Waals surface area contributed by atoms with Gasteiger partial charge in [0.15, 0.2) is 11.6 Å². The van der Waals surface area contributed by atoms with Crippen LogP contribution < -0.4 is 4.74 Å². The summed E-state index contributed by atoms with van der Waals surface area (Å²) in [5.41, 5.74) is 1.37. The lowest BCUT2D eigenvalue weighted by atomic mass is 10.0. The number of hydrogen-bond acceptors (Lipinski definition) is 2. The van der Waals surface area contributed by atoms with Gasteiger partial charge in [0.1, 0.15) is 6.17 Å². The number of benzene rings is 1. The fourth-order valence-electron chi connectivity index (χ4n) is 4.43. The minimum absolute atomic E-state index is 0.0589. The van der Waals surface area contributed by atoms with E-state index >= 15 is 0 Å². The van der Waals surface area contributed by atoms with Crippen molar-refractivity contribution in [1.82, 2.24) is 4.98 Å². The van der Waals surface area contributed by atoms with Gasteiger partial charge in [-0.1, -0.05) is 97.0 Å². The van der Waals surface area contributed by atoms with Crippen LogP contribution in [0.15, 0.2) is 30.5 Å². The summed E-state index contributed by atoms with van der Waals surface area (Å²) in [7, 11) is 0. The second-order valence-electron chi connectivity index (χ2n) is 9.95. The summed E-state index contributed by atoms with van der Waals surface area (Å²) >= 11 is 0. The largest absolute Gasteiger partial charge is 0.490 e. The Balaban J connectivity index is 1.75. The Bertz CT molecular complexity index is 840. The first-order valence-corrected chi connectivity index (χ1v) is 14.3. The van der Waals surface area contributed by atoms with Crippen molar-refractivity contribution >= 4 is 0 Å². The van der Waals surface area contributed by atoms with Crippen LogP contribution in [0.1, 0.15) is 116 Å². The van der Waals surface area contributed by atoms with Gasteiger partial charge in [0.2, 0.25) is 5.82 Å². The van der Waals surface area contributed by atoms with Gasteiger partial charge in [-0.25, -0.2) is 8.78 Å². The van der Waals surface area contributed by atoms with Gasteiger partial charge in [-0.3, -0.25) is 4.98 Å². The topological polar surface area (TPSA) is 22.1 Å². The lowest BCUT2D eigenvalue weighted by molar-refractivity contribution is 0.285. The third-order valence-corrected chi connectivity index (χ3v) is 6.77. The first kappa shape index (κ1) is 30.2. The molecule has 0 saturated carbocycles. The molecule has 1 aromatic heterocycles. The summed E-state index contributed by atoms with van der Waals surface area (Å²) < 4.78 is 49.0. The van der Waals surface area contributed by atoms with Crippen LogP contribution in [0.3, 0.4) is 0 Å². The zero-order valence-corrected chi connectivity index (χ0v) is 22.5. The van der Waals surface area contributed by atoms with E-state index in [4.69, 9.17) is 4.74 Å². The average molecular weight is 506 g/mol. The molecule has 1 atom stereocenters. The maximum absolute atomic E-state index is 14.7. The number of unbranched alkanes of at least 4 members (excludes halogenated alkanes) is 11. The number of rotatable bonds is 20. The highest BCUT2D eigenvalue weighted by Crippen LogP contribution is 2.29. The first-order valence-electron chi connectivity index (χ1n) is 14.3. The van der Waals surface area contributed by atoms with E-state index in [0.29, 0.717) is 31.6 Å². The fourth-order valence-corrected chi connectivity index (χ4v) is 4.43. The molecule has 0 fully saturated rings. The maximum Gasteiger partial charge on any atom is 0.201 e. The van der Waals surface area contributed by atoms with Crippen molar-refractivity contribution in [1.29, 1.82) is 0 Å². The van der Waals surface area contributed by atoms with Crippen LogP contribution in [-0.2, 0) is 6.42 Å². The molecular weight excluding hydrogens is 459 g/mol. The Morgan fingerprint density at radius 2 is 1.36 bits per heavy atom. The van der Waals surface area contributed by atoms with Crippen LogP contribution in [0, 0.1) is 11.6 Å². The lowest BCUT2D eigenvalue weighted by Gasteiger charge is -2.11. The number of pyridine rings is 1. The molecule has 0 aliphatic heterocycles. The van der Waals surface area contributed by atoms with E-state index in [1.165, 1.54) is 63.5 Å². The highest BCUT2D eigenvalue weighted by atomic mass is 19.2. The van der Waals surface area contributed by atoms with Gasteiger partial charge in [0.05, 0.1) is 12.3 Å². The standard InChI is InChI=1S/C31H46F3NO/c1-3-5-7-9-11-12-14-16-26(32)19-17-25-18-21-28(35-24-25)27-20-22-29(31(34)30(27)33)36-23-15-13-10-8-6-4-2/h18,20-22,24,26H,3-17,19,23H2,1-2H3. The van der Waals surface area contributed by atoms with E-state index < -0.39 is 17.8 Å². The number of aryl methyl sites for hydroxylation is 1. The quantitative estimate of drug-likeness (QED) is 0.167. The van der Waals surface area contributed by atoms with Gasteiger partial charge in [-0.15, -0.1) is 0 Å². The van der Waals surface area contributed by atoms with Crippen LogP contribution in [0.4, 0.5) is 13.2 Å². The number of halogens is 3. The highest BCUT2D eigenvalue weighted by Gasteiger charge is 2.17. The SMILES string of the molecule is CCCCCCCCCC(F)CCc1ccc(-c2ccc(OCCCCCCCC)c(F)c2F)nc1. The third-order valence-electron chi connectivity index (χ3n) is 6.77. The smallest absolute Gasteiger partial charge is 0.201 e. The molecule has 0 spiro atoms. The number of nitrogens with zero attached hydrogens (tertiary/aromatic N) is 1. The first-order chi connectivity index (χ1) is 17.6. The Morgan fingerprint density at radius 3 is 2.00 bits per heavy atom. The predicted molar refractivity (Wildman–Crippen MR) is 144 cm³/mol. The minimum Gasteiger partial charge on any atom is -0.490 e. The summed E-state index contributed by atoms with van der Waals surface area (Å²) in [4.78, 5) is 4.31. The van der Waals surface area contributed by atoms with Crippen LogP contribution in [0.5, 0.6) is 5.75 Å². The molecular formula is C31H46F3NO. The molecule has 202 valence electrons. The number of alkyl halides is 1. The zero-order valence-electron chi connectivity index (χ0n) is 22.5. The lowest BCUT2D eigenvalue weighted by Crippen LogP contribution is -2.03. The molecule has 0 N–H and O–H groups in total. The summed E-state index contributed by atoms with van der Waals surface area (Å²) in [6, 6.07) is 6.48. The second kappa shape index (κ2) is 18.2. The molecule has 2 aromatic rings. The van der Waals surface area contributed by atoms with Crippen LogP contribution >= 0.6 is 0 Å². The molecule has 0 radical (unpaired) electrons. The Labute approximate surface area is 217 Å². The van der Waals surface area contributed by atoms with E-state index in [2.05, 4.69) is 18.8 Å². The molecule has 1 aromatic carbocycles. The van der Waals surface area contributed by atoms with E-state index in [1.54, 1.807) is 12.3 Å². The summed E-state index contributed by atoms with van der Waals surface area (Å²) in [6.45, 7) is 4.76. The Morgan fingerprint density at radius 1 is 0.722 bits per heavy atom. The molecule has 2 rings (SSSR count). The normalized spacial score (nSPS) is 12.1. The molecule has 1 heterocycles. The number of hydrogen-bond donors (Lipinski definition) is 0. The predicted octanol–water partition coefficient (Wildman–Crippen LogP) is 10.2. The van der Waals surface area contributed by atoms with E-state index in [1.807, 2.05) is 6.07 Å². The third kappa shape index (κ3) is 11.3. The van der Waals surface area contributed by atoms with Crippen LogP contribution in [0.2, 0.25) is 0 Å². The minimum atomic E-state index is -0.977. The van der Waals surface area contributed by atoms with Crippen molar-refractivity contribution in [3.63, 3.8) is 0 Å². The van der Waals surface area contributed by atoms with Gasteiger partial charge >= 0.3 is 0 Å². The van der Waals surface area contributed by atoms with Crippen molar-refractivity contribution in [2.75, 3.05) is 6.61 Å². The molecule has 0 saturated heterocycles. The zero-order chi connectivity index (χ0) is 26.0. The van der Waals surface area contributed by atoms with Crippen molar-refractivity contribution in [2.45, 2.75) is 123 Å². The molecule has 5 heteroatoms. The van der Waals surface area contributed by atoms with Gasteiger partial charge < -0.3 is 4.74 Å². The molecule has 0 aliphatic rings. The molecule has 0 amide bonds. The maximum atomic E-state index is 14.7. The summed E-state index contributed by atoms with van der Waals surface area (Å²) in [5.74, 6) is -1.99. The summed E-state index contributed by atoms with van der Waals surface area (Å²) in [6.07, 6.45) is 17.4. The van der Waals surface area contributed by atoms with Crippen LogP contribution in [-0.4, -0.2) is 17.8 Å². The summed E-state index contributed by atoms with van der Waals surface area (Å²) in [5, 5.41) is 0. The number of aromatic nitrogens is 1. The van der Waals surface area contributed by atoms with Gasteiger partial charge in [-0.05, 0) is 49.4 Å². The van der Waals surface area contributed by atoms with Crippen molar-refractivity contribution < 1.29 is 17.9 Å². The molecule has 0 aliphatic carbocycles. The van der Waals surface area contributed by atoms with Crippen molar-refractivity contribution in [2.24, 2.45) is 0 Å². The van der Waals surface area contributed by atoms with Crippen LogP contribution in [0.25, 0.3) is 11.3 Å². The molecule has 1 unspecified atom stereocenters. The van der Waals surface area contributed by atoms with Gasteiger partial charge in [0, 0.05) is 11.8 Å².